The quantitative estimate of drug-likeness (QED) is 0.460. The van der Waals surface area contributed by atoms with E-state index < -0.39 is 0 Å². The van der Waals surface area contributed by atoms with Gasteiger partial charge in [-0.15, -0.1) is 0 Å². The third-order valence-electron chi connectivity index (χ3n) is 2.58. The van der Waals surface area contributed by atoms with Gasteiger partial charge in [-0.25, -0.2) is 0 Å². The maximum absolute atomic E-state index is 2.39. The first kappa shape index (κ1) is 12.0. The van der Waals surface area contributed by atoms with E-state index in [0.717, 1.165) is 5.92 Å². The highest BCUT2D eigenvalue weighted by Crippen LogP contribution is 2.15. The molecule has 0 aliphatic heterocycles. The minimum absolute atomic E-state index is 0.969. The molecule has 0 fully saturated rings. The minimum atomic E-state index is 0.969. The molecule has 0 aliphatic carbocycles. The van der Waals surface area contributed by atoms with Crippen molar-refractivity contribution in [2.24, 2.45) is 5.92 Å². The SMILES string of the molecule is CCCCCCCC(C)CCC. The summed E-state index contributed by atoms with van der Waals surface area (Å²) in [4.78, 5) is 0. The molecule has 1 unspecified atom stereocenters. The summed E-state index contributed by atoms with van der Waals surface area (Å²) in [6.07, 6.45) is 11.4. The molecule has 12 heavy (non-hydrogen) atoms. The molecule has 0 heteroatoms. The molecule has 0 saturated carbocycles. The lowest BCUT2D eigenvalue weighted by Crippen LogP contribution is -1.93. The predicted octanol–water partition coefficient (Wildman–Crippen LogP) is 4.78. The molecule has 0 aromatic heterocycles. The number of hydrogen-bond donors (Lipinski definition) is 0. The molecular weight excluding hydrogens is 144 g/mol. The highest BCUT2D eigenvalue weighted by atomic mass is 14.0. The highest BCUT2D eigenvalue weighted by molar-refractivity contribution is 4.52. The van der Waals surface area contributed by atoms with Crippen molar-refractivity contribution in [3.63, 3.8) is 0 Å². The first-order chi connectivity index (χ1) is 5.81. The number of hydrogen-bond acceptors (Lipinski definition) is 0. The third kappa shape index (κ3) is 8.10. The van der Waals surface area contributed by atoms with Crippen LogP contribution >= 0.6 is 0 Å². The van der Waals surface area contributed by atoms with Gasteiger partial charge in [-0.1, -0.05) is 72.1 Å². The number of rotatable bonds is 8. The van der Waals surface area contributed by atoms with Gasteiger partial charge in [0, 0.05) is 0 Å². The second kappa shape index (κ2) is 9.09. The van der Waals surface area contributed by atoms with Crippen molar-refractivity contribution >= 4 is 0 Å². The summed E-state index contributed by atoms with van der Waals surface area (Å²) in [5.41, 5.74) is 0. The lowest BCUT2D eigenvalue weighted by molar-refractivity contribution is 0.453. The molecule has 0 rings (SSSR count). The zero-order chi connectivity index (χ0) is 9.23. The summed E-state index contributed by atoms with van der Waals surface area (Å²) in [6.45, 7) is 6.95. The smallest absolute Gasteiger partial charge is 0.0443 e. The van der Waals surface area contributed by atoms with Crippen LogP contribution in [0.1, 0.15) is 72.1 Å². The fourth-order valence-corrected chi connectivity index (χ4v) is 1.73. The first-order valence-electron chi connectivity index (χ1n) is 5.81. The van der Waals surface area contributed by atoms with Gasteiger partial charge >= 0.3 is 0 Å². The van der Waals surface area contributed by atoms with Gasteiger partial charge in [0.25, 0.3) is 0 Å². The van der Waals surface area contributed by atoms with Crippen LogP contribution in [0.15, 0.2) is 0 Å². The molecule has 0 aliphatic rings. The van der Waals surface area contributed by atoms with Crippen LogP contribution in [-0.4, -0.2) is 0 Å². The molecule has 0 aromatic carbocycles. The van der Waals surface area contributed by atoms with Crippen molar-refractivity contribution in [2.45, 2.75) is 72.1 Å². The fraction of sp³-hybridized carbons (Fsp3) is 1.00. The van der Waals surface area contributed by atoms with Gasteiger partial charge in [-0.05, 0) is 5.92 Å². The third-order valence-corrected chi connectivity index (χ3v) is 2.58. The monoisotopic (exact) mass is 170 g/mol. The molecule has 74 valence electrons. The van der Waals surface area contributed by atoms with Gasteiger partial charge < -0.3 is 0 Å². The topological polar surface area (TPSA) is 0 Å². The lowest BCUT2D eigenvalue weighted by Gasteiger charge is -2.08. The van der Waals surface area contributed by atoms with Crippen LogP contribution in [0, 0.1) is 5.92 Å². The summed E-state index contributed by atoms with van der Waals surface area (Å²) in [7, 11) is 0. The van der Waals surface area contributed by atoms with E-state index in [4.69, 9.17) is 0 Å². The van der Waals surface area contributed by atoms with E-state index in [1.165, 1.54) is 51.4 Å². The standard InChI is InChI=1S/C12H26/c1-4-6-7-8-9-11-12(3)10-5-2/h12H,4-11H2,1-3H3. The van der Waals surface area contributed by atoms with Gasteiger partial charge in [0.15, 0.2) is 0 Å². The molecule has 0 nitrogen and oxygen atoms in total. The molecule has 1 atom stereocenters. The predicted molar refractivity (Wildman–Crippen MR) is 57.4 cm³/mol. The van der Waals surface area contributed by atoms with E-state index >= 15 is 0 Å². The van der Waals surface area contributed by atoms with Crippen molar-refractivity contribution < 1.29 is 0 Å². The van der Waals surface area contributed by atoms with Crippen molar-refractivity contribution in [3.8, 4) is 0 Å². The number of unbranched alkanes of at least 4 members (excludes halogenated alkanes) is 4. The maximum Gasteiger partial charge on any atom is -0.0443 e. The second-order valence-corrected chi connectivity index (χ2v) is 4.10. The Morgan fingerprint density at radius 1 is 0.750 bits per heavy atom. The molecule has 0 spiro atoms. The molecule has 0 radical (unpaired) electrons. The van der Waals surface area contributed by atoms with Crippen molar-refractivity contribution in [1.29, 1.82) is 0 Å². The fourth-order valence-electron chi connectivity index (χ4n) is 1.73. The van der Waals surface area contributed by atoms with Crippen LogP contribution in [0.2, 0.25) is 0 Å². The Kier molecular flexibility index (Phi) is 9.09. The Hall–Kier alpha value is 0. The van der Waals surface area contributed by atoms with E-state index in [1.807, 2.05) is 0 Å². The second-order valence-electron chi connectivity index (χ2n) is 4.10. The van der Waals surface area contributed by atoms with Gasteiger partial charge in [0.05, 0.1) is 0 Å². The highest BCUT2D eigenvalue weighted by Gasteiger charge is 1.99. The first-order valence-corrected chi connectivity index (χ1v) is 5.81. The maximum atomic E-state index is 2.39. The van der Waals surface area contributed by atoms with E-state index in [2.05, 4.69) is 20.8 Å². The zero-order valence-electron chi connectivity index (χ0n) is 9.23. The Labute approximate surface area is 78.8 Å². The molecule has 0 bridgehead atoms. The Bertz CT molecular complexity index is 76.1. The Balaban J connectivity index is 2.97. The van der Waals surface area contributed by atoms with Crippen LogP contribution in [0.4, 0.5) is 0 Å². The van der Waals surface area contributed by atoms with Crippen molar-refractivity contribution in [2.75, 3.05) is 0 Å². The summed E-state index contributed by atoms with van der Waals surface area (Å²) in [5.74, 6) is 0.969. The summed E-state index contributed by atoms with van der Waals surface area (Å²) in [5, 5.41) is 0. The summed E-state index contributed by atoms with van der Waals surface area (Å²) >= 11 is 0. The van der Waals surface area contributed by atoms with E-state index in [9.17, 15) is 0 Å². The van der Waals surface area contributed by atoms with Crippen molar-refractivity contribution in [3.05, 3.63) is 0 Å². The van der Waals surface area contributed by atoms with Crippen LogP contribution in [0.3, 0.4) is 0 Å². The van der Waals surface area contributed by atoms with Gasteiger partial charge in [0.1, 0.15) is 0 Å². The van der Waals surface area contributed by atoms with E-state index in [-0.39, 0.29) is 0 Å². The normalized spacial score (nSPS) is 13.2. The van der Waals surface area contributed by atoms with Gasteiger partial charge in [0.2, 0.25) is 0 Å². The van der Waals surface area contributed by atoms with Crippen LogP contribution in [0.25, 0.3) is 0 Å². The molecule has 0 N–H and O–H groups in total. The summed E-state index contributed by atoms with van der Waals surface area (Å²) in [6, 6.07) is 0. The van der Waals surface area contributed by atoms with E-state index in [1.54, 1.807) is 0 Å². The minimum Gasteiger partial charge on any atom is -0.0654 e. The van der Waals surface area contributed by atoms with E-state index in [0.29, 0.717) is 0 Å². The van der Waals surface area contributed by atoms with Gasteiger partial charge in [-0.2, -0.15) is 0 Å². The molecule has 0 amide bonds. The molecular formula is C12H26. The van der Waals surface area contributed by atoms with Crippen LogP contribution in [0.5, 0.6) is 0 Å². The molecule has 0 heterocycles. The average molecular weight is 170 g/mol. The largest absolute Gasteiger partial charge is 0.0654 e. The van der Waals surface area contributed by atoms with Crippen molar-refractivity contribution in [1.82, 2.24) is 0 Å². The van der Waals surface area contributed by atoms with Gasteiger partial charge in [-0.3, -0.25) is 0 Å². The summed E-state index contributed by atoms with van der Waals surface area (Å²) < 4.78 is 0. The zero-order valence-corrected chi connectivity index (χ0v) is 9.23. The lowest BCUT2D eigenvalue weighted by atomic mass is 9.98. The average Bonchev–Trinajstić information content (AvgIpc) is 2.05. The molecule has 0 aromatic rings. The molecule has 0 saturated heterocycles. The van der Waals surface area contributed by atoms with Crippen LogP contribution < -0.4 is 0 Å². The Morgan fingerprint density at radius 2 is 1.42 bits per heavy atom. The Morgan fingerprint density at radius 3 is 2.00 bits per heavy atom. The van der Waals surface area contributed by atoms with Crippen LogP contribution in [-0.2, 0) is 0 Å².